The molecule has 0 saturated heterocycles. The van der Waals surface area contributed by atoms with Crippen molar-refractivity contribution < 1.29 is 0 Å². The van der Waals surface area contributed by atoms with E-state index in [0.29, 0.717) is 0 Å². The van der Waals surface area contributed by atoms with Gasteiger partial charge in [0.15, 0.2) is 0 Å². The molecule has 3 heteroatoms. The van der Waals surface area contributed by atoms with Crippen molar-refractivity contribution in [3.05, 3.63) is 32.5 Å². The van der Waals surface area contributed by atoms with Gasteiger partial charge in [0.25, 0.3) is 0 Å². The summed E-state index contributed by atoms with van der Waals surface area (Å²) in [6.45, 7) is 2.03. The summed E-state index contributed by atoms with van der Waals surface area (Å²) in [6, 6.07) is 0.0312. The van der Waals surface area contributed by atoms with Crippen LogP contribution in [-0.4, -0.2) is 0 Å². The second-order valence-corrected chi connectivity index (χ2v) is 5.04. The Labute approximate surface area is 93.6 Å². The fourth-order valence-corrected chi connectivity index (χ4v) is 3.16. The van der Waals surface area contributed by atoms with Gasteiger partial charge in [0.2, 0.25) is 0 Å². The first-order valence-corrected chi connectivity index (χ1v) is 6.14. The molecule has 0 spiro atoms. The molecule has 1 atom stereocenters. The van der Waals surface area contributed by atoms with E-state index in [-0.39, 0.29) is 6.04 Å². The predicted octanol–water partition coefficient (Wildman–Crippen LogP) is 3.82. The summed E-state index contributed by atoms with van der Waals surface area (Å²) in [5.41, 5.74) is 8.67. The number of halogens is 1. The van der Waals surface area contributed by atoms with Crippen molar-refractivity contribution in [2.24, 2.45) is 5.73 Å². The van der Waals surface area contributed by atoms with Crippen LogP contribution in [0.3, 0.4) is 0 Å². The maximum atomic E-state index is 6.19. The van der Waals surface area contributed by atoms with Gasteiger partial charge in [0.1, 0.15) is 0 Å². The van der Waals surface area contributed by atoms with Gasteiger partial charge in [0.05, 0.1) is 11.1 Å². The van der Waals surface area contributed by atoms with Crippen LogP contribution in [0.1, 0.15) is 35.7 Å². The van der Waals surface area contributed by atoms with Crippen molar-refractivity contribution in [2.75, 3.05) is 0 Å². The van der Waals surface area contributed by atoms with Crippen molar-refractivity contribution in [2.45, 2.75) is 32.2 Å². The van der Waals surface area contributed by atoms with Gasteiger partial charge in [-0.1, -0.05) is 23.3 Å². The van der Waals surface area contributed by atoms with E-state index < -0.39 is 0 Å². The summed E-state index contributed by atoms with van der Waals surface area (Å²) < 4.78 is 0. The number of hydrogen-bond donors (Lipinski definition) is 1. The first-order chi connectivity index (χ1) is 6.70. The SMILES string of the molecule is Cc1csc(C(N)C2=CCCC2)c1Cl. The van der Waals surface area contributed by atoms with Crippen molar-refractivity contribution >= 4 is 22.9 Å². The van der Waals surface area contributed by atoms with Gasteiger partial charge >= 0.3 is 0 Å². The molecule has 14 heavy (non-hydrogen) atoms. The average molecular weight is 228 g/mol. The Hall–Kier alpha value is -0.310. The zero-order valence-electron chi connectivity index (χ0n) is 8.22. The third kappa shape index (κ3) is 1.74. The van der Waals surface area contributed by atoms with Crippen molar-refractivity contribution in [1.82, 2.24) is 0 Å². The van der Waals surface area contributed by atoms with Gasteiger partial charge in [-0.15, -0.1) is 11.3 Å². The Morgan fingerprint density at radius 3 is 2.86 bits per heavy atom. The third-order valence-corrected chi connectivity index (χ3v) is 4.48. The molecule has 1 aliphatic carbocycles. The summed E-state index contributed by atoms with van der Waals surface area (Å²) in [6.07, 6.45) is 5.81. The number of hydrogen-bond acceptors (Lipinski definition) is 2. The van der Waals surface area contributed by atoms with E-state index in [0.717, 1.165) is 21.9 Å². The lowest BCUT2D eigenvalue weighted by molar-refractivity contribution is 0.796. The van der Waals surface area contributed by atoms with E-state index >= 15 is 0 Å². The van der Waals surface area contributed by atoms with Crippen molar-refractivity contribution in [1.29, 1.82) is 0 Å². The fourth-order valence-electron chi connectivity index (χ4n) is 1.81. The first-order valence-electron chi connectivity index (χ1n) is 4.88. The number of aryl methyl sites for hydroxylation is 1. The molecule has 0 amide bonds. The second-order valence-electron chi connectivity index (χ2n) is 3.75. The largest absolute Gasteiger partial charge is 0.320 e. The maximum absolute atomic E-state index is 6.19. The summed E-state index contributed by atoms with van der Waals surface area (Å²) in [7, 11) is 0. The number of rotatable bonds is 2. The highest BCUT2D eigenvalue weighted by molar-refractivity contribution is 7.10. The van der Waals surface area contributed by atoms with E-state index in [2.05, 4.69) is 11.5 Å². The van der Waals surface area contributed by atoms with Gasteiger partial charge < -0.3 is 5.73 Å². The molecule has 0 fully saturated rings. The predicted molar refractivity (Wildman–Crippen MR) is 62.9 cm³/mol. The monoisotopic (exact) mass is 227 g/mol. The van der Waals surface area contributed by atoms with Crippen LogP contribution in [0.5, 0.6) is 0 Å². The average Bonchev–Trinajstić information content (AvgIpc) is 2.77. The Kier molecular flexibility index (Phi) is 2.96. The molecule has 1 unspecified atom stereocenters. The minimum atomic E-state index is 0.0312. The van der Waals surface area contributed by atoms with Crippen LogP contribution in [-0.2, 0) is 0 Å². The molecule has 0 aliphatic heterocycles. The molecule has 0 bridgehead atoms. The molecular formula is C11H14ClNS. The first kappa shape index (κ1) is 10.2. The van der Waals surface area contributed by atoms with Gasteiger partial charge in [0, 0.05) is 4.88 Å². The van der Waals surface area contributed by atoms with Crippen LogP contribution in [0.4, 0.5) is 0 Å². The van der Waals surface area contributed by atoms with E-state index in [1.165, 1.54) is 18.4 Å². The third-order valence-electron chi connectivity index (χ3n) is 2.68. The van der Waals surface area contributed by atoms with Crippen LogP contribution in [0, 0.1) is 6.92 Å². The quantitative estimate of drug-likeness (QED) is 0.764. The molecule has 0 saturated carbocycles. The van der Waals surface area contributed by atoms with E-state index in [1.807, 2.05) is 6.92 Å². The molecule has 1 aromatic heterocycles. The van der Waals surface area contributed by atoms with Gasteiger partial charge in [-0.05, 0) is 37.1 Å². The minimum Gasteiger partial charge on any atom is -0.320 e. The molecule has 1 aromatic rings. The molecule has 2 rings (SSSR count). The highest BCUT2D eigenvalue weighted by Crippen LogP contribution is 2.37. The van der Waals surface area contributed by atoms with E-state index in [1.54, 1.807) is 11.3 Å². The van der Waals surface area contributed by atoms with Gasteiger partial charge in [-0.25, -0.2) is 0 Å². The summed E-state index contributed by atoms with van der Waals surface area (Å²) in [4.78, 5) is 1.12. The smallest absolute Gasteiger partial charge is 0.0620 e. The number of thiophene rings is 1. The number of allylic oxidation sites excluding steroid dienone is 1. The van der Waals surface area contributed by atoms with Crippen molar-refractivity contribution in [3.8, 4) is 0 Å². The van der Waals surface area contributed by atoms with E-state index in [4.69, 9.17) is 17.3 Å². The molecule has 76 valence electrons. The van der Waals surface area contributed by atoms with Crippen LogP contribution >= 0.6 is 22.9 Å². The Bertz CT molecular complexity index is 367. The maximum Gasteiger partial charge on any atom is 0.0620 e. The molecular weight excluding hydrogens is 214 g/mol. The fraction of sp³-hybridized carbons (Fsp3) is 0.455. The Morgan fingerprint density at radius 1 is 1.57 bits per heavy atom. The van der Waals surface area contributed by atoms with Gasteiger partial charge in [-0.2, -0.15) is 0 Å². The molecule has 0 radical (unpaired) electrons. The molecule has 0 aromatic carbocycles. The summed E-state index contributed by atoms with van der Waals surface area (Å²) in [5.74, 6) is 0. The van der Waals surface area contributed by atoms with Crippen LogP contribution in [0.25, 0.3) is 0 Å². The Morgan fingerprint density at radius 2 is 2.36 bits per heavy atom. The lowest BCUT2D eigenvalue weighted by Gasteiger charge is -2.11. The lowest BCUT2D eigenvalue weighted by Crippen LogP contribution is -2.11. The highest BCUT2D eigenvalue weighted by atomic mass is 35.5. The highest BCUT2D eigenvalue weighted by Gasteiger charge is 2.19. The molecule has 2 N–H and O–H groups in total. The zero-order valence-corrected chi connectivity index (χ0v) is 9.79. The standard InChI is InChI=1S/C11H14ClNS/c1-7-6-14-11(9(7)12)10(13)8-4-2-3-5-8/h4,6,10H,2-3,5,13H2,1H3. The molecule has 1 aliphatic rings. The zero-order chi connectivity index (χ0) is 10.1. The normalized spacial score (nSPS) is 18.4. The summed E-state index contributed by atoms with van der Waals surface area (Å²) in [5, 5.41) is 2.93. The topological polar surface area (TPSA) is 26.0 Å². The van der Waals surface area contributed by atoms with Gasteiger partial charge in [-0.3, -0.25) is 0 Å². The molecule has 1 nitrogen and oxygen atoms in total. The van der Waals surface area contributed by atoms with Crippen LogP contribution < -0.4 is 5.73 Å². The van der Waals surface area contributed by atoms with E-state index in [9.17, 15) is 0 Å². The number of nitrogens with two attached hydrogens (primary N) is 1. The van der Waals surface area contributed by atoms with Crippen LogP contribution in [0.2, 0.25) is 5.02 Å². The lowest BCUT2D eigenvalue weighted by atomic mass is 10.1. The minimum absolute atomic E-state index is 0.0312. The second kappa shape index (κ2) is 4.05. The van der Waals surface area contributed by atoms with Crippen molar-refractivity contribution in [3.63, 3.8) is 0 Å². The Balaban J connectivity index is 2.26. The summed E-state index contributed by atoms with van der Waals surface area (Å²) >= 11 is 7.86. The van der Waals surface area contributed by atoms with Crippen LogP contribution in [0.15, 0.2) is 17.0 Å². The molecule has 1 heterocycles.